The van der Waals surface area contributed by atoms with Gasteiger partial charge in [-0.05, 0) is 30.2 Å². The van der Waals surface area contributed by atoms with Crippen molar-refractivity contribution in [3.8, 4) is 0 Å². The summed E-state index contributed by atoms with van der Waals surface area (Å²) in [4.78, 5) is 23.7. The maximum atomic E-state index is 12.1. The fourth-order valence-corrected chi connectivity index (χ4v) is 1.83. The monoisotopic (exact) mass is 287 g/mol. The van der Waals surface area contributed by atoms with Crippen LogP contribution in [0.25, 0.3) is 0 Å². The third kappa shape index (κ3) is 3.76. The number of hydrogen-bond donors (Lipinski definition) is 2. The third-order valence-electron chi connectivity index (χ3n) is 2.93. The first-order valence-corrected chi connectivity index (χ1v) is 6.73. The number of anilines is 1. The molecule has 0 aliphatic heterocycles. The minimum absolute atomic E-state index is 0.0439. The van der Waals surface area contributed by atoms with Crippen molar-refractivity contribution in [2.45, 2.75) is 26.5 Å². The van der Waals surface area contributed by atoms with Gasteiger partial charge in [-0.15, -0.1) is 0 Å². The highest BCUT2D eigenvalue weighted by Gasteiger charge is 2.09. The molecule has 2 rings (SSSR count). The first-order valence-electron chi connectivity index (χ1n) is 6.73. The van der Waals surface area contributed by atoms with Crippen LogP contribution in [0.3, 0.4) is 0 Å². The zero-order valence-corrected chi connectivity index (χ0v) is 11.7. The molecule has 0 aliphatic carbocycles. The van der Waals surface area contributed by atoms with E-state index in [-0.39, 0.29) is 23.8 Å². The summed E-state index contributed by atoms with van der Waals surface area (Å²) >= 11 is 0. The number of nitrogens with zero attached hydrogens (tertiary/aromatic N) is 2. The van der Waals surface area contributed by atoms with E-state index >= 15 is 0 Å². The van der Waals surface area contributed by atoms with Gasteiger partial charge in [0.25, 0.3) is 11.5 Å². The molecule has 0 fully saturated rings. The Labute approximate surface area is 122 Å². The van der Waals surface area contributed by atoms with Crippen LogP contribution in [0.15, 0.2) is 41.2 Å². The lowest BCUT2D eigenvalue weighted by Gasteiger charge is -2.07. The van der Waals surface area contributed by atoms with E-state index in [1.54, 1.807) is 24.3 Å². The van der Waals surface area contributed by atoms with Gasteiger partial charge in [-0.3, -0.25) is 9.59 Å². The number of aliphatic hydroxyl groups excluding tert-OH is 1. The van der Waals surface area contributed by atoms with Crippen LogP contribution in [0.5, 0.6) is 0 Å². The number of nitrogens with one attached hydrogen (secondary N) is 1. The number of carbonyl (C=O) groups is 1. The molecule has 6 heteroatoms. The smallest absolute Gasteiger partial charge is 0.276 e. The topological polar surface area (TPSA) is 84.2 Å². The summed E-state index contributed by atoms with van der Waals surface area (Å²) in [5.41, 5.74) is 1.34. The Kier molecular flexibility index (Phi) is 4.84. The average molecular weight is 287 g/mol. The minimum atomic E-state index is -0.378. The molecule has 2 aromatic rings. The van der Waals surface area contributed by atoms with Gasteiger partial charge < -0.3 is 10.4 Å². The zero-order chi connectivity index (χ0) is 15.2. The molecule has 6 nitrogen and oxygen atoms in total. The summed E-state index contributed by atoms with van der Waals surface area (Å²) in [6.45, 7) is 2.37. The van der Waals surface area contributed by atoms with Crippen LogP contribution >= 0.6 is 0 Å². The van der Waals surface area contributed by atoms with Crippen LogP contribution in [-0.4, -0.2) is 20.8 Å². The summed E-state index contributed by atoms with van der Waals surface area (Å²) < 4.78 is 1.28. The lowest BCUT2D eigenvalue weighted by atomic mass is 10.2. The predicted octanol–water partition coefficient (Wildman–Crippen LogP) is 1.40. The Bertz CT molecular complexity index is 677. The fourth-order valence-electron chi connectivity index (χ4n) is 1.83. The van der Waals surface area contributed by atoms with Crippen molar-refractivity contribution in [2.24, 2.45) is 0 Å². The van der Waals surface area contributed by atoms with E-state index in [9.17, 15) is 9.59 Å². The Morgan fingerprint density at radius 2 is 1.95 bits per heavy atom. The van der Waals surface area contributed by atoms with Crippen LogP contribution in [0.2, 0.25) is 0 Å². The first kappa shape index (κ1) is 14.9. The number of aliphatic hydroxyl groups is 1. The number of hydrogen-bond acceptors (Lipinski definition) is 4. The number of benzene rings is 1. The Morgan fingerprint density at radius 3 is 2.57 bits per heavy atom. The molecule has 0 unspecified atom stereocenters. The van der Waals surface area contributed by atoms with Gasteiger partial charge in [0.2, 0.25) is 0 Å². The van der Waals surface area contributed by atoms with Crippen LogP contribution in [0, 0.1) is 0 Å². The zero-order valence-electron chi connectivity index (χ0n) is 11.7. The summed E-state index contributed by atoms with van der Waals surface area (Å²) in [7, 11) is 0. The molecule has 0 bridgehead atoms. The normalized spacial score (nSPS) is 10.4. The quantitative estimate of drug-likeness (QED) is 0.870. The Morgan fingerprint density at radius 1 is 1.24 bits per heavy atom. The molecule has 1 aromatic heterocycles. The van der Waals surface area contributed by atoms with Gasteiger partial charge >= 0.3 is 0 Å². The maximum Gasteiger partial charge on any atom is 0.276 e. The van der Waals surface area contributed by atoms with E-state index < -0.39 is 0 Å². The molecular formula is C15H17N3O3. The van der Waals surface area contributed by atoms with Crippen molar-refractivity contribution in [1.29, 1.82) is 0 Å². The highest BCUT2D eigenvalue weighted by Crippen LogP contribution is 2.10. The number of rotatable bonds is 5. The van der Waals surface area contributed by atoms with Crippen molar-refractivity contribution in [3.05, 3.63) is 58.0 Å². The van der Waals surface area contributed by atoms with Crippen LogP contribution in [0.1, 0.15) is 29.4 Å². The molecule has 0 saturated heterocycles. The molecule has 0 saturated carbocycles. The van der Waals surface area contributed by atoms with Gasteiger partial charge in [0, 0.05) is 18.3 Å². The standard InChI is InChI=1S/C15H17N3O3/c1-2-9-18-14(20)8-7-13(17-18)15(21)16-12-5-3-11(10-19)4-6-12/h3-8,19H,2,9-10H2,1H3,(H,16,21). The second kappa shape index (κ2) is 6.81. The lowest BCUT2D eigenvalue weighted by molar-refractivity contribution is 0.102. The van der Waals surface area contributed by atoms with E-state index in [1.165, 1.54) is 16.8 Å². The molecule has 21 heavy (non-hydrogen) atoms. The van der Waals surface area contributed by atoms with Gasteiger partial charge in [0.05, 0.1) is 6.61 Å². The molecule has 1 heterocycles. The highest BCUT2D eigenvalue weighted by atomic mass is 16.3. The number of aryl methyl sites for hydroxylation is 1. The van der Waals surface area contributed by atoms with Crippen molar-refractivity contribution in [2.75, 3.05) is 5.32 Å². The van der Waals surface area contributed by atoms with Crippen molar-refractivity contribution < 1.29 is 9.90 Å². The van der Waals surface area contributed by atoms with E-state index in [4.69, 9.17) is 5.11 Å². The fraction of sp³-hybridized carbons (Fsp3) is 0.267. The summed E-state index contributed by atoms with van der Waals surface area (Å²) in [6.07, 6.45) is 0.764. The van der Waals surface area contributed by atoms with Crippen molar-refractivity contribution >= 4 is 11.6 Å². The molecule has 0 aliphatic rings. The number of carbonyl (C=O) groups excluding carboxylic acids is 1. The summed E-state index contributed by atoms with van der Waals surface area (Å²) in [5, 5.41) is 15.7. The van der Waals surface area contributed by atoms with Crippen molar-refractivity contribution in [3.63, 3.8) is 0 Å². The second-order valence-electron chi connectivity index (χ2n) is 4.59. The summed E-state index contributed by atoms with van der Waals surface area (Å²) in [6, 6.07) is 9.59. The van der Waals surface area contributed by atoms with E-state index in [0.717, 1.165) is 12.0 Å². The van der Waals surface area contributed by atoms with Crippen LogP contribution < -0.4 is 10.9 Å². The highest BCUT2D eigenvalue weighted by molar-refractivity contribution is 6.02. The largest absolute Gasteiger partial charge is 0.392 e. The van der Waals surface area contributed by atoms with Gasteiger partial charge in [0.15, 0.2) is 0 Å². The molecule has 1 amide bonds. The molecule has 110 valence electrons. The Balaban J connectivity index is 2.15. The lowest BCUT2D eigenvalue weighted by Crippen LogP contribution is -2.26. The number of aromatic nitrogens is 2. The molecule has 1 aromatic carbocycles. The van der Waals surface area contributed by atoms with Crippen molar-refractivity contribution in [1.82, 2.24) is 9.78 Å². The first-order chi connectivity index (χ1) is 10.1. The number of amides is 1. The molecule has 0 radical (unpaired) electrons. The van der Waals surface area contributed by atoms with Crippen LogP contribution in [-0.2, 0) is 13.2 Å². The van der Waals surface area contributed by atoms with E-state index in [1.807, 2.05) is 6.92 Å². The van der Waals surface area contributed by atoms with Gasteiger partial charge in [0.1, 0.15) is 5.69 Å². The van der Waals surface area contributed by atoms with Gasteiger partial charge in [-0.25, -0.2) is 4.68 Å². The molecular weight excluding hydrogens is 270 g/mol. The summed E-state index contributed by atoms with van der Waals surface area (Å²) in [5.74, 6) is -0.378. The van der Waals surface area contributed by atoms with E-state index in [0.29, 0.717) is 12.2 Å². The van der Waals surface area contributed by atoms with Crippen LogP contribution in [0.4, 0.5) is 5.69 Å². The molecule has 0 atom stereocenters. The van der Waals surface area contributed by atoms with Gasteiger partial charge in [-0.2, -0.15) is 5.10 Å². The second-order valence-corrected chi connectivity index (χ2v) is 4.59. The van der Waals surface area contributed by atoms with Gasteiger partial charge in [-0.1, -0.05) is 19.1 Å². The molecule has 0 spiro atoms. The van der Waals surface area contributed by atoms with E-state index in [2.05, 4.69) is 10.4 Å². The maximum absolute atomic E-state index is 12.1. The third-order valence-corrected chi connectivity index (χ3v) is 2.93. The Hall–Kier alpha value is -2.47. The predicted molar refractivity (Wildman–Crippen MR) is 79.1 cm³/mol. The molecule has 2 N–H and O–H groups in total. The SMILES string of the molecule is CCCn1nc(C(=O)Nc2ccc(CO)cc2)ccc1=O. The minimum Gasteiger partial charge on any atom is -0.392 e. The average Bonchev–Trinajstić information content (AvgIpc) is 2.50.